The third-order valence-corrected chi connectivity index (χ3v) is 3.04. The van der Waals surface area contributed by atoms with Gasteiger partial charge in [-0.25, -0.2) is 4.39 Å². The van der Waals surface area contributed by atoms with Crippen LogP contribution >= 0.6 is 0 Å². The fraction of sp³-hybridized carbons (Fsp3) is 0.188. The molecule has 0 atom stereocenters. The van der Waals surface area contributed by atoms with E-state index in [4.69, 9.17) is 4.74 Å². The summed E-state index contributed by atoms with van der Waals surface area (Å²) in [5.41, 5.74) is 1.82. The van der Waals surface area contributed by atoms with Crippen molar-refractivity contribution in [3.05, 3.63) is 64.1 Å². The van der Waals surface area contributed by atoms with Gasteiger partial charge < -0.3 is 4.74 Å². The Kier molecular flexibility index (Phi) is 3.95. The molecule has 0 radical (unpaired) electrons. The van der Waals surface area contributed by atoms with Crippen molar-refractivity contribution in [2.45, 2.75) is 13.3 Å². The molecule has 0 aliphatic rings. The van der Waals surface area contributed by atoms with Crippen LogP contribution in [0.1, 0.15) is 12.5 Å². The standard InChI is InChI=1S/C16H15FO2/c1-3-11-6-4-5-7-14(16(11)18)13-9-8-12(17)10-15(13)19-2/h4-10H,3H2,1-2H3. The van der Waals surface area contributed by atoms with Crippen LogP contribution < -0.4 is 10.2 Å². The smallest absolute Gasteiger partial charge is 0.189 e. The molecular formula is C16H15FO2. The average molecular weight is 258 g/mol. The molecule has 3 heteroatoms. The molecule has 19 heavy (non-hydrogen) atoms. The first-order chi connectivity index (χ1) is 9.17. The average Bonchev–Trinajstić information content (AvgIpc) is 2.60. The Morgan fingerprint density at radius 3 is 2.53 bits per heavy atom. The minimum atomic E-state index is -0.385. The highest BCUT2D eigenvalue weighted by Crippen LogP contribution is 2.28. The van der Waals surface area contributed by atoms with E-state index in [-0.39, 0.29) is 11.2 Å². The zero-order valence-corrected chi connectivity index (χ0v) is 10.9. The second-order valence-corrected chi connectivity index (χ2v) is 4.18. The van der Waals surface area contributed by atoms with E-state index in [2.05, 4.69) is 0 Å². The van der Waals surface area contributed by atoms with Gasteiger partial charge in [0.15, 0.2) is 5.43 Å². The zero-order chi connectivity index (χ0) is 13.8. The van der Waals surface area contributed by atoms with Crippen molar-refractivity contribution < 1.29 is 9.13 Å². The van der Waals surface area contributed by atoms with Gasteiger partial charge in [0.1, 0.15) is 11.6 Å². The molecule has 0 heterocycles. The van der Waals surface area contributed by atoms with Gasteiger partial charge in [0.05, 0.1) is 7.11 Å². The van der Waals surface area contributed by atoms with Crippen LogP contribution in [0.5, 0.6) is 5.75 Å². The summed E-state index contributed by atoms with van der Waals surface area (Å²) in [5.74, 6) is -0.0191. The van der Waals surface area contributed by atoms with Gasteiger partial charge in [0.2, 0.25) is 0 Å². The molecule has 0 N–H and O–H groups in total. The Bertz CT molecular complexity index is 650. The molecule has 0 bridgehead atoms. The summed E-state index contributed by atoms with van der Waals surface area (Å²) in [7, 11) is 1.46. The normalized spacial score (nSPS) is 10.3. The number of methoxy groups -OCH3 is 1. The van der Waals surface area contributed by atoms with Crippen LogP contribution in [0.4, 0.5) is 4.39 Å². The maximum absolute atomic E-state index is 13.2. The molecule has 0 fully saturated rings. The van der Waals surface area contributed by atoms with Gasteiger partial charge in [0, 0.05) is 17.2 Å². The van der Waals surface area contributed by atoms with Gasteiger partial charge in [-0.15, -0.1) is 0 Å². The largest absolute Gasteiger partial charge is 0.496 e. The van der Waals surface area contributed by atoms with E-state index in [0.717, 1.165) is 5.56 Å². The molecule has 2 nitrogen and oxygen atoms in total. The molecule has 0 unspecified atom stereocenters. The summed E-state index contributed by atoms with van der Waals surface area (Å²) in [6.07, 6.45) is 0.657. The highest BCUT2D eigenvalue weighted by atomic mass is 19.1. The fourth-order valence-electron chi connectivity index (χ4n) is 2.03. The fourth-order valence-corrected chi connectivity index (χ4v) is 2.03. The summed E-state index contributed by atoms with van der Waals surface area (Å²) in [6, 6.07) is 11.4. The lowest BCUT2D eigenvalue weighted by Gasteiger charge is -2.07. The zero-order valence-electron chi connectivity index (χ0n) is 10.9. The Labute approximate surface area is 111 Å². The molecular weight excluding hydrogens is 243 g/mol. The van der Waals surface area contributed by atoms with Crippen LogP contribution in [0.2, 0.25) is 0 Å². The summed E-state index contributed by atoms with van der Waals surface area (Å²) < 4.78 is 18.4. The summed E-state index contributed by atoms with van der Waals surface area (Å²) in [6.45, 7) is 1.93. The van der Waals surface area contributed by atoms with Gasteiger partial charge in [0.25, 0.3) is 0 Å². The molecule has 0 saturated carbocycles. The number of halogens is 1. The molecule has 0 spiro atoms. The van der Waals surface area contributed by atoms with Crippen molar-refractivity contribution >= 4 is 0 Å². The molecule has 0 amide bonds. The van der Waals surface area contributed by atoms with Gasteiger partial charge in [-0.05, 0) is 24.1 Å². The molecule has 0 aliphatic heterocycles. The summed E-state index contributed by atoms with van der Waals surface area (Å²) in [5, 5.41) is 0. The predicted octanol–water partition coefficient (Wildman–Crippen LogP) is 3.42. The monoisotopic (exact) mass is 258 g/mol. The highest BCUT2D eigenvalue weighted by Gasteiger charge is 2.11. The lowest BCUT2D eigenvalue weighted by Crippen LogP contribution is -2.08. The van der Waals surface area contributed by atoms with E-state index in [0.29, 0.717) is 23.3 Å². The summed E-state index contributed by atoms with van der Waals surface area (Å²) in [4.78, 5) is 12.4. The predicted molar refractivity (Wildman–Crippen MR) is 74.0 cm³/mol. The lowest BCUT2D eigenvalue weighted by atomic mass is 10.0. The van der Waals surface area contributed by atoms with Gasteiger partial charge in [-0.2, -0.15) is 0 Å². The van der Waals surface area contributed by atoms with Crippen LogP contribution in [0, 0.1) is 5.82 Å². The molecule has 98 valence electrons. The number of ether oxygens (including phenoxy) is 1. The van der Waals surface area contributed by atoms with E-state index in [1.165, 1.54) is 19.2 Å². The second kappa shape index (κ2) is 5.65. The number of hydrogen-bond donors (Lipinski definition) is 0. The molecule has 2 rings (SSSR count). The van der Waals surface area contributed by atoms with Crippen LogP contribution in [-0.4, -0.2) is 7.11 Å². The Hall–Kier alpha value is -2.16. The summed E-state index contributed by atoms with van der Waals surface area (Å²) >= 11 is 0. The van der Waals surface area contributed by atoms with Crippen molar-refractivity contribution in [2.75, 3.05) is 7.11 Å². The number of aryl methyl sites for hydroxylation is 1. The number of benzene rings is 1. The molecule has 0 aliphatic carbocycles. The van der Waals surface area contributed by atoms with Crippen molar-refractivity contribution in [1.29, 1.82) is 0 Å². The third-order valence-electron chi connectivity index (χ3n) is 3.04. The first-order valence-corrected chi connectivity index (χ1v) is 6.13. The van der Waals surface area contributed by atoms with E-state index in [1.807, 2.05) is 19.1 Å². The second-order valence-electron chi connectivity index (χ2n) is 4.18. The maximum Gasteiger partial charge on any atom is 0.189 e. The maximum atomic E-state index is 13.2. The van der Waals surface area contributed by atoms with E-state index < -0.39 is 0 Å². The van der Waals surface area contributed by atoms with E-state index in [1.54, 1.807) is 18.2 Å². The molecule has 0 aromatic heterocycles. The first-order valence-electron chi connectivity index (χ1n) is 6.13. The van der Waals surface area contributed by atoms with Gasteiger partial charge in [-0.3, -0.25) is 4.79 Å². The Morgan fingerprint density at radius 1 is 1.11 bits per heavy atom. The van der Waals surface area contributed by atoms with Gasteiger partial charge >= 0.3 is 0 Å². The Balaban J connectivity index is 2.73. The molecule has 2 aromatic carbocycles. The topological polar surface area (TPSA) is 26.3 Å². The first kappa shape index (κ1) is 13.3. The highest BCUT2D eigenvalue weighted by molar-refractivity contribution is 5.70. The van der Waals surface area contributed by atoms with E-state index in [9.17, 15) is 9.18 Å². The van der Waals surface area contributed by atoms with Crippen molar-refractivity contribution in [1.82, 2.24) is 0 Å². The van der Waals surface area contributed by atoms with Crippen molar-refractivity contribution in [2.24, 2.45) is 0 Å². The minimum Gasteiger partial charge on any atom is -0.496 e. The van der Waals surface area contributed by atoms with E-state index >= 15 is 0 Å². The molecule has 2 aromatic rings. The number of hydrogen-bond acceptors (Lipinski definition) is 2. The van der Waals surface area contributed by atoms with Crippen LogP contribution in [-0.2, 0) is 6.42 Å². The third kappa shape index (κ3) is 2.65. The molecule has 0 saturated heterocycles. The minimum absolute atomic E-state index is 0.0441. The quantitative estimate of drug-likeness (QED) is 0.843. The van der Waals surface area contributed by atoms with Gasteiger partial charge in [-0.1, -0.05) is 31.2 Å². The van der Waals surface area contributed by atoms with Crippen molar-refractivity contribution in [3.8, 4) is 16.9 Å². The van der Waals surface area contributed by atoms with Crippen LogP contribution in [0.3, 0.4) is 0 Å². The SMILES string of the molecule is CCc1ccccc(-c2ccc(F)cc2OC)c1=O. The lowest BCUT2D eigenvalue weighted by molar-refractivity contribution is 0.413. The Morgan fingerprint density at radius 2 is 1.84 bits per heavy atom. The number of rotatable bonds is 3. The van der Waals surface area contributed by atoms with Crippen LogP contribution in [0.25, 0.3) is 11.1 Å². The van der Waals surface area contributed by atoms with Crippen molar-refractivity contribution in [3.63, 3.8) is 0 Å². The van der Waals surface area contributed by atoms with Crippen LogP contribution in [0.15, 0.2) is 47.3 Å².